The Balaban J connectivity index is 1.48. The van der Waals surface area contributed by atoms with Gasteiger partial charge >= 0.3 is 5.97 Å². The molecule has 0 unspecified atom stereocenters. The highest BCUT2D eigenvalue weighted by molar-refractivity contribution is 5.85. The Hall–Kier alpha value is -3.92. The molecule has 1 aromatic heterocycles. The molecular formula is C30H35N5O2. The van der Waals surface area contributed by atoms with Gasteiger partial charge in [0.15, 0.2) is 11.7 Å². The van der Waals surface area contributed by atoms with E-state index in [2.05, 4.69) is 47.2 Å². The number of fused-ring (bicyclic) bond motifs is 1. The number of benzene rings is 2. The first-order valence-corrected chi connectivity index (χ1v) is 13.2. The Bertz CT molecular complexity index is 1230. The van der Waals surface area contributed by atoms with Crippen LogP contribution in [0.2, 0.25) is 0 Å². The lowest BCUT2D eigenvalue weighted by molar-refractivity contribution is -0.144. The molecular weight excluding hydrogens is 462 g/mol. The molecule has 7 nitrogen and oxygen atoms in total. The number of rotatable bonds is 11. The van der Waals surface area contributed by atoms with Gasteiger partial charge in [0.2, 0.25) is 0 Å². The highest BCUT2D eigenvalue weighted by atomic mass is 16.5. The predicted molar refractivity (Wildman–Crippen MR) is 147 cm³/mol. The van der Waals surface area contributed by atoms with Gasteiger partial charge in [0, 0.05) is 26.2 Å². The molecule has 3 aromatic rings. The smallest absolute Gasteiger partial charge is 0.329 e. The Morgan fingerprint density at radius 1 is 0.973 bits per heavy atom. The summed E-state index contributed by atoms with van der Waals surface area (Å²) in [5.41, 5.74) is 2.95. The summed E-state index contributed by atoms with van der Waals surface area (Å²) >= 11 is 0. The number of ether oxygens (including phenoxy) is 1. The monoisotopic (exact) mass is 497 g/mol. The maximum absolute atomic E-state index is 13.0. The van der Waals surface area contributed by atoms with Crippen molar-refractivity contribution in [2.24, 2.45) is 0 Å². The van der Waals surface area contributed by atoms with E-state index < -0.39 is 11.9 Å². The van der Waals surface area contributed by atoms with E-state index in [0.29, 0.717) is 36.7 Å². The topological polar surface area (TPSA) is 82.3 Å². The van der Waals surface area contributed by atoms with E-state index >= 15 is 0 Å². The highest BCUT2D eigenvalue weighted by Gasteiger charge is 2.31. The van der Waals surface area contributed by atoms with Crippen molar-refractivity contribution in [3.05, 3.63) is 72.1 Å². The number of carbonyl (C=O) groups excluding carboxylic acids is 1. The maximum Gasteiger partial charge on any atom is 0.329 e. The van der Waals surface area contributed by atoms with Crippen molar-refractivity contribution in [1.82, 2.24) is 14.9 Å². The second kappa shape index (κ2) is 13.4. The molecule has 1 atom stereocenters. The molecule has 0 spiro atoms. The zero-order valence-electron chi connectivity index (χ0n) is 21.6. The Kier molecular flexibility index (Phi) is 9.47. The Labute approximate surface area is 219 Å². The molecule has 0 bridgehead atoms. The van der Waals surface area contributed by atoms with Crippen LogP contribution in [0.3, 0.4) is 0 Å². The number of unbranched alkanes of at least 4 members (excludes halogenated alkanes) is 4. The fourth-order valence-electron chi connectivity index (χ4n) is 4.46. The molecule has 2 aromatic carbocycles. The van der Waals surface area contributed by atoms with Crippen LogP contribution in [-0.4, -0.2) is 53.6 Å². The summed E-state index contributed by atoms with van der Waals surface area (Å²) in [7, 11) is 0. The molecule has 1 saturated heterocycles. The minimum atomic E-state index is -1.11. The number of para-hydroxylation sites is 2. The first kappa shape index (κ1) is 26.2. The van der Waals surface area contributed by atoms with Gasteiger partial charge in [-0.3, -0.25) is 4.79 Å². The van der Waals surface area contributed by atoms with Crippen LogP contribution in [0.1, 0.15) is 56.2 Å². The summed E-state index contributed by atoms with van der Waals surface area (Å²) in [5, 5.41) is 9.98. The van der Waals surface area contributed by atoms with Crippen LogP contribution >= 0.6 is 0 Å². The van der Waals surface area contributed by atoms with E-state index in [4.69, 9.17) is 14.7 Å². The first-order valence-electron chi connectivity index (χ1n) is 13.2. The third-order valence-corrected chi connectivity index (χ3v) is 6.60. The van der Waals surface area contributed by atoms with Crippen LogP contribution in [0.15, 0.2) is 60.8 Å². The van der Waals surface area contributed by atoms with Gasteiger partial charge in [-0.15, -0.1) is 0 Å². The van der Waals surface area contributed by atoms with Crippen molar-refractivity contribution in [3.63, 3.8) is 0 Å². The SMILES string of the molecule is CCCCCCCOC(=O)[C@@H](C#N)c1nc2ccccc2nc1N1CCN(/C=C/c2ccccc2)CC1. The number of nitriles is 1. The fourth-order valence-corrected chi connectivity index (χ4v) is 4.46. The van der Waals surface area contributed by atoms with E-state index in [9.17, 15) is 10.1 Å². The van der Waals surface area contributed by atoms with Crippen LogP contribution < -0.4 is 4.90 Å². The van der Waals surface area contributed by atoms with Gasteiger partial charge in [-0.05, 0) is 36.4 Å². The molecule has 1 aliphatic heterocycles. The lowest BCUT2D eigenvalue weighted by atomic mass is 10.1. The van der Waals surface area contributed by atoms with Gasteiger partial charge in [0.25, 0.3) is 0 Å². The number of piperazine rings is 1. The standard InChI is InChI=1S/C30H35N5O2/c1-2-3-4-5-11-22-37-30(36)25(23-31)28-29(33-27-15-10-9-14-26(27)32-28)35-20-18-34(19-21-35)17-16-24-12-7-6-8-13-24/h6-10,12-17,25H,2-5,11,18-22H2,1H3/b17-16+/t25-/m0/s1. The number of aromatic nitrogens is 2. The quantitative estimate of drug-likeness (QED) is 0.254. The number of nitrogens with zero attached hydrogens (tertiary/aromatic N) is 5. The molecule has 1 aliphatic rings. The van der Waals surface area contributed by atoms with E-state index in [1.807, 2.05) is 42.5 Å². The average molecular weight is 498 g/mol. The van der Waals surface area contributed by atoms with Crippen molar-refractivity contribution in [3.8, 4) is 6.07 Å². The van der Waals surface area contributed by atoms with Crippen molar-refractivity contribution in [1.29, 1.82) is 5.26 Å². The summed E-state index contributed by atoms with van der Waals surface area (Å²) in [6.07, 6.45) is 9.53. The van der Waals surface area contributed by atoms with Crippen LogP contribution in [-0.2, 0) is 9.53 Å². The molecule has 1 fully saturated rings. The lowest BCUT2D eigenvalue weighted by Crippen LogP contribution is -2.45. The van der Waals surface area contributed by atoms with E-state index in [1.54, 1.807) is 0 Å². The van der Waals surface area contributed by atoms with E-state index in [1.165, 1.54) is 6.42 Å². The summed E-state index contributed by atoms with van der Waals surface area (Å²) in [6.45, 7) is 5.52. The molecule has 0 amide bonds. The zero-order chi connectivity index (χ0) is 25.9. The highest BCUT2D eigenvalue weighted by Crippen LogP contribution is 2.29. The molecule has 0 saturated carbocycles. The summed E-state index contributed by atoms with van der Waals surface area (Å²) in [6, 6.07) is 19.9. The van der Waals surface area contributed by atoms with Crippen molar-refractivity contribution in [2.45, 2.75) is 44.9 Å². The lowest BCUT2D eigenvalue weighted by Gasteiger charge is -2.35. The molecule has 4 rings (SSSR count). The molecule has 0 N–H and O–H groups in total. The number of carbonyl (C=O) groups is 1. The first-order chi connectivity index (χ1) is 18.2. The van der Waals surface area contributed by atoms with Crippen LogP contribution in [0, 0.1) is 11.3 Å². The summed E-state index contributed by atoms with van der Waals surface area (Å²) < 4.78 is 5.51. The largest absolute Gasteiger partial charge is 0.464 e. The summed E-state index contributed by atoms with van der Waals surface area (Å²) in [5.74, 6) is -1.07. The minimum Gasteiger partial charge on any atom is -0.464 e. The Morgan fingerprint density at radius 3 is 2.35 bits per heavy atom. The van der Waals surface area contributed by atoms with Crippen LogP contribution in [0.4, 0.5) is 5.82 Å². The van der Waals surface area contributed by atoms with E-state index in [-0.39, 0.29) is 0 Å². The number of anilines is 1. The van der Waals surface area contributed by atoms with Crippen LogP contribution in [0.5, 0.6) is 0 Å². The number of hydrogen-bond acceptors (Lipinski definition) is 7. The fraction of sp³-hybridized carbons (Fsp3) is 0.400. The van der Waals surface area contributed by atoms with Crippen molar-refractivity contribution < 1.29 is 9.53 Å². The third kappa shape index (κ3) is 7.07. The van der Waals surface area contributed by atoms with Gasteiger partial charge < -0.3 is 14.5 Å². The van der Waals surface area contributed by atoms with Crippen molar-refractivity contribution in [2.75, 3.05) is 37.7 Å². The second-order valence-corrected chi connectivity index (χ2v) is 9.31. The maximum atomic E-state index is 13.0. The van der Waals surface area contributed by atoms with Gasteiger partial charge in [0.1, 0.15) is 5.69 Å². The minimum absolute atomic E-state index is 0.323. The molecule has 7 heteroatoms. The second-order valence-electron chi connectivity index (χ2n) is 9.31. The zero-order valence-corrected chi connectivity index (χ0v) is 21.6. The Morgan fingerprint density at radius 2 is 1.65 bits per heavy atom. The normalized spacial score (nSPS) is 14.6. The van der Waals surface area contributed by atoms with Gasteiger partial charge in [-0.1, -0.05) is 75.1 Å². The molecule has 0 aliphatic carbocycles. The molecule has 0 radical (unpaired) electrons. The molecule has 192 valence electrons. The van der Waals surface area contributed by atoms with Crippen molar-refractivity contribution >= 4 is 28.9 Å². The van der Waals surface area contributed by atoms with E-state index in [0.717, 1.165) is 49.9 Å². The summed E-state index contributed by atoms with van der Waals surface area (Å²) in [4.78, 5) is 27.0. The average Bonchev–Trinajstić information content (AvgIpc) is 2.94. The number of esters is 1. The van der Waals surface area contributed by atoms with Gasteiger partial charge in [-0.25, -0.2) is 9.97 Å². The predicted octanol–water partition coefficient (Wildman–Crippen LogP) is 5.54. The van der Waals surface area contributed by atoms with Gasteiger partial charge in [-0.2, -0.15) is 5.26 Å². The molecule has 37 heavy (non-hydrogen) atoms. The van der Waals surface area contributed by atoms with Crippen LogP contribution in [0.25, 0.3) is 17.1 Å². The number of hydrogen-bond donors (Lipinski definition) is 0. The third-order valence-electron chi connectivity index (χ3n) is 6.60. The molecule has 2 heterocycles. The van der Waals surface area contributed by atoms with Gasteiger partial charge in [0.05, 0.1) is 23.7 Å².